The Bertz CT molecular complexity index is 1280. The van der Waals surface area contributed by atoms with Crippen molar-refractivity contribution in [1.29, 1.82) is 0 Å². The van der Waals surface area contributed by atoms with Crippen LogP contribution in [0.25, 0.3) is 11.4 Å². The average Bonchev–Trinajstić information content (AvgIpc) is 3.72. The summed E-state index contributed by atoms with van der Waals surface area (Å²) < 4.78 is 0. The number of hydrogen-bond donors (Lipinski definition) is 2. The van der Waals surface area contributed by atoms with Crippen molar-refractivity contribution in [1.82, 2.24) is 25.3 Å². The highest BCUT2D eigenvalue weighted by Crippen LogP contribution is 2.44. The SMILES string of the molecule is C=C1C(NCc2ccc(SN)cc2)=Nc2cnc(-c3c(C)ncnc3C3CC3)nc2N1[C@H](C)CC. The molecule has 0 saturated heterocycles. The quantitative estimate of drug-likeness (QED) is 0.448. The zero-order chi connectivity index (χ0) is 24.5. The van der Waals surface area contributed by atoms with Crippen molar-refractivity contribution in [3.8, 4) is 11.4 Å². The predicted molar refractivity (Wildman–Crippen MR) is 142 cm³/mol. The van der Waals surface area contributed by atoms with Gasteiger partial charge in [-0.05, 0) is 62.8 Å². The van der Waals surface area contributed by atoms with E-state index in [1.807, 2.05) is 19.1 Å². The molecule has 2 aliphatic rings. The molecule has 5 rings (SSSR count). The summed E-state index contributed by atoms with van der Waals surface area (Å²) in [7, 11) is 0. The van der Waals surface area contributed by atoms with E-state index in [1.165, 1.54) is 11.9 Å². The first kappa shape index (κ1) is 23.4. The van der Waals surface area contributed by atoms with Crippen molar-refractivity contribution in [2.45, 2.75) is 63.4 Å². The van der Waals surface area contributed by atoms with Crippen molar-refractivity contribution in [3.05, 3.63) is 66.0 Å². The first-order chi connectivity index (χ1) is 17.0. The van der Waals surface area contributed by atoms with Gasteiger partial charge < -0.3 is 10.2 Å². The minimum atomic E-state index is 0.188. The first-order valence-electron chi connectivity index (χ1n) is 12.0. The molecule has 1 aliphatic heterocycles. The van der Waals surface area contributed by atoms with Crippen molar-refractivity contribution >= 4 is 29.3 Å². The lowest BCUT2D eigenvalue weighted by Gasteiger charge is -2.35. The lowest BCUT2D eigenvalue weighted by Crippen LogP contribution is -2.41. The van der Waals surface area contributed by atoms with E-state index in [0.717, 1.165) is 69.7 Å². The predicted octanol–water partition coefficient (Wildman–Crippen LogP) is 5.04. The fourth-order valence-electron chi connectivity index (χ4n) is 4.28. The molecule has 1 aliphatic carbocycles. The molecule has 180 valence electrons. The van der Waals surface area contributed by atoms with Gasteiger partial charge in [0, 0.05) is 23.4 Å². The van der Waals surface area contributed by atoms with E-state index in [4.69, 9.17) is 20.1 Å². The van der Waals surface area contributed by atoms with Crippen LogP contribution in [0.15, 0.2) is 59.0 Å². The van der Waals surface area contributed by atoms with E-state index in [1.54, 1.807) is 12.5 Å². The fraction of sp³-hybridized carbons (Fsp3) is 0.346. The van der Waals surface area contributed by atoms with Gasteiger partial charge in [0.1, 0.15) is 12.0 Å². The summed E-state index contributed by atoms with van der Waals surface area (Å²) >= 11 is 1.24. The Morgan fingerprint density at radius 2 is 1.97 bits per heavy atom. The molecule has 1 aromatic carbocycles. The van der Waals surface area contributed by atoms with Crippen LogP contribution < -0.4 is 15.4 Å². The number of nitrogens with two attached hydrogens (primary N) is 1. The molecule has 3 aromatic rings. The molecule has 35 heavy (non-hydrogen) atoms. The van der Waals surface area contributed by atoms with Gasteiger partial charge in [0.05, 0.1) is 28.8 Å². The fourth-order valence-corrected chi connectivity index (χ4v) is 4.57. The molecule has 0 spiro atoms. The molecule has 0 unspecified atom stereocenters. The van der Waals surface area contributed by atoms with Crippen LogP contribution in [0.3, 0.4) is 0 Å². The molecule has 0 bridgehead atoms. The summed E-state index contributed by atoms with van der Waals surface area (Å²) in [4.78, 5) is 26.8. The Balaban J connectivity index is 1.50. The Morgan fingerprint density at radius 3 is 2.66 bits per heavy atom. The van der Waals surface area contributed by atoms with Gasteiger partial charge >= 0.3 is 0 Å². The van der Waals surface area contributed by atoms with Gasteiger partial charge in [-0.3, -0.25) is 5.14 Å². The zero-order valence-electron chi connectivity index (χ0n) is 20.3. The number of aromatic nitrogens is 4. The molecule has 0 amide bonds. The lowest BCUT2D eigenvalue weighted by atomic mass is 10.1. The minimum Gasteiger partial charge on any atom is -0.364 e. The zero-order valence-corrected chi connectivity index (χ0v) is 21.1. The monoisotopic (exact) mass is 486 g/mol. The van der Waals surface area contributed by atoms with Crippen molar-refractivity contribution in [2.75, 3.05) is 4.90 Å². The second kappa shape index (κ2) is 9.75. The summed E-state index contributed by atoms with van der Waals surface area (Å²) in [6.45, 7) is 11.3. The number of aryl methyl sites for hydroxylation is 1. The van der Waals surface area contributed by atoms with Gasteiger partial charge in [-0.2, -0.15) is 0 Å². The highest BCUT2D eigenvalue weighted by molar-refractivity contribution is 7.97. The van der Waals surface area contributed by atoms with Crippen molar-refractivity contribution in [2.24, 2.45) is 10.1 Å². The van der Waals surface area contributed by atoms with Crippen LogP contribution in [0.1, 0.15) is 56.0 Å². The van der Waals surface area contributed by atoms with E-state index in [9.17, 15) is 0 Å². The first-order valence-corrected chi connectivity index (χ1v) is 12.8. The summed E-state index contributed by atoms with van der Waals surface area (Å²) in [5.41, 5.74) is 5.55. The van der Waals surface area contributed by atoms with Crippen LogP contribution in [-0.4, -0.2) is 31.8 Å². The number of hydrogen-bond acceptors (Lipinski definition) is 9. The molecule has 1 fully saturated rings. The Hall–Kier alpha value is -3.30. The molecule has 3 N–H and O–H groups in total. The standard InChI is InChI=1S/C26H30N8S/c1-5-15(2)34-17(4)24(28-12-18-6-10-20(35-27)11-7-18)32-21-13-29-25(33-26(21)34)22-16(3)30-14-31-23(22)19-8-9-19/h6-7,10-11,13-15,19H,4-5,8-9,12,27H2,1-3H3,(H,28,32)/t15-/m1/s1. The molecule has 8 nitrogen and oxygen atoms in total. The number of nitrogens with one attached hydrogen (secondary N) is 1. The van der Waals surface area contributed by atoms with Gasteiger partial charge in [-0.15, -0.1) is 0 Å². The van der Waals surface area contributed by atoms with E-state index in [-0.39, 0.29) is 6.04 Å². The Kier molecular flexibility index (Phi) is 6.53. The maximum atomic E-state index is 5.64. The smallest absolute Gasteiger partial charge is 0.165 e. The third-order valence-electron chi connectivity index (χ3n) is 6.58. The van der Waals surface area contributed by atoms with Crippen molar-refractivity contribution in [3.63, 3.8) is 0 Å². The Morgan fingerprint density at radius 1 is 1.20 bits per heavy atom. The van der Waals surface area contributed by atoms with Crippen LogP contribution in [0.2, 0.25) is 0 Å². The molecule has 9 heteroatoms. The largest absolute Gasteiger partial charge is 0.364 e. The molecule has 1 saturated carbocycles. The maximum Gasteiger partial charge on any atom is 0.165 e. The third-order valence-corrected chi connectivity index (χ3v) is 7.12. The van der Waals surface area contributed by atoms with Gasteiger partial charge in [0.15, 0.2) is 17.5 Å². The van der Waals surface area contributed by atoms with Crippen molar-refractivity contribution < 1.29 is 0 Å². The summed E-state index contributed by atoms with van der Waals surface area (Å²) in [5, 5.41) is 9.10. The minimum absolute atomic E-state index is 0.188. The van der Waals surface area contributed by atoms with Gasteiger partial charge in [-0.25, -0.2) is 24.9 Å². The number of benzene rings is 1. The summed E-state index contributed by atoms with van der Waals surface area (Å²) in [6.07, 6.45) is 6.68. The van der Waals surface area contributed by atoms with Crippen LogP contribution in [0.5, 0.6) is 0 Å². The van der Waals surface area contributed by atoms with Gasteiger partial charge in [0.25, 0.3) is 0 Å². The van der Waals surface area contributed by atoms with E-state index < -0.39 is 0 Å². The Labute approximate surface area is 210 Å². The number of nitrogens with zero attached hydrogens (tertiary/aromatic N) is 6. The number of anilines is 1. The van der Waals surface area contributed by atoms with Crippen LogP contribution in [-0.2, 0) is 6.54 Å². The van der Waals surface area contributed by atoms with E-state index in [0.29, 0.717) is 18.3 Å². The van der Waals surface area contributed by atoms with E-state index >= 15 is 0 Å². The molecular weight excluding hydrogens is 456 g/mol. The molecule has 3 heterocycles. The van der Waals surface area contributed by atoms with Crippen LogP contribution >= 0.6 is 11.9 Å². The average molecular weight is 487 g/mol. The number of fused-ring (bicyclic) bond motifs is 1. The maximum absolute atomic E-state index is 5.64. The van der Waals surface area contributed by atoms with Crippen LogP contribution in [0, 0.1) is 6.92 Å². The highest BCUT2D eigenvalue weighted by Gasteiger charge is 2.32. The lowest BCUT2D eigenvalue weighted by molar-refractivity contribution is 0.662. The number of rotatable bonds is 7. The third kappa shape index (κ3) is 4.66. The highest BCUT2D eigenvalue weighted by atomic mass is 32.2. The van der Waals surface area contributed by atoms with Gasteiger partial charge in [0.2, 0.25) is 0 Å². The second-order valence-corrected chi connectivity index (χ2v) is 9.75. The molecular formula is C26H30N8S. The van der Waals surface area contributed by atoms with Gasteiger partial charge in [-0.1, -0.05) is 25.6 Å². The van der Waals surface area contributed by atoms with Crippen LogP contribution in [0.4, 0.5) is 11.5 Å². The topological polar surface area (TPSA) is 105 Å². The number of amidine groups is 1. The summed E-state index contributed by atoms with van der Waals surface area (Å²) in [6, 6.07) is 8.34. The molecule has 1 atom stereocenters. The molecule has 2 aromatic heterocycles. The summed E-state index contributed by atoms with van der Waals surface area (Å²) in [5.74, 6) is 2.62. The second-order valence-electron chi connectivity index (χ2n) is 9.05. The number of aliphatic imine (C=N–C) groups is 1. The molecule has 0 radical (unpaired) electrons. The normalized spacial score (nSPS) is 16.1. The van der Waals surface area contributed by atoms with E-state index in [2.05, 4.69) is 52.7 Å².